The number of amides is 1. The number of hydrogen-bond donors (Lipinski definition) is 1. The van der Waals surface area contributed by atoms with Gasteiger partial charge in [-0.15, -0.1) is 0 Å². The van der Waals surface area contributed by atoms with E-state index in [-0.39, 0.29) is 17.8 Å². The maximum Gasteiger partial charge on any atom is 0.251 e. The van der Waals surface area contributed by atoms with Crippen molar-refractivity contribution < 1.29 is 9.18 Å². The Morgan fingerprint density at radius 2 is 2.06 bits per heavy atom. The molecule has 0 saturated carbocycles. The molecule has 0 aliphatic rings. The van der Waals surface area contributed by atoms with Crippen LogP contribution in [0.3, 0.4) is 0 Å². The molecule has 1 N–H and O–H groups in total. The van der Waals surface area contributed by atoms with Gasteiger partial charge in [-0.2, -0.15) is 11.8 Å². The highest BCUT2D eigenvalue weighted by Gasteiger charge is 2.09. The maximum absolute atomic E-state index is 12.7. The summed E-state index contributed by atoms with van der Waals surface area (Å²) in [5.41, 5.74) is 0.501. The molecule has 1 aromatic rings. The molecule has 0 heterocycles. The summed E-state index contributed by atoms with van der Waals surface area (Å²) in [5.74, 6) is 1.67. The summed E-state index contributed by atoms with van der Waals surface area (Å²) in [6.07, 6.45) is 0.950. The molecule has 0 aliphatic heterocycles. The van der Waals surface area contributed by atoms with Gasteiger partial charge in [0, 0.05) is 11.6 Å². The van der Waals surface area contributed by atoms with Crippen LogP contribution < -0.4 is 5.32 Å². The Bertz CT molecular complexity index is 353. The van der Waals surface area contributed by atoms with Gasteiger partial charge < -0.3 is 5.32 Å². The van der Waals surface area contributed by atoms with E-state index in [1.165, 1.54) is 24.3 Å². The molecule has 1 atom stereocenters. The molecular weight excluding hydrogens is 237 g/mol. The van der Waals surface area contributed by atoms with Gasteiger partial charge in [0.15, 0.2) is 0 Å². The van der Waals surface area contributed by atoms with Gasteiger partial charge in [0.05, 0.1) is 0 Å². The van der Waals surface area contributed by atoms with E-state index in [0.717, 1.165) is 17.9 Å². The van der Waals surface area contributed by atoms with Crippen LogP contribution in [0.25, 0.3) is 0 Å². The fourth-order valence-corrected chi connectivity index (χ4v) is 2.19. The van der Waals surface area contributed by atoms with Gasteiger partial charge in [-0.1, -0.05) is 6.92 Å². The largest absolute Gasteiger partial charge is 0.350 e. The topological polar surface area (TPSA) is 29.1 Å². The number of carbonyl (C=O) groups is 1. The van der Waals surface area contributed by atoms with Crippen molar-refractivity contribution in [3.63, 3.8) is 0 Å². The first kappa shape index (κ1) is 14.0. The van der Waals surface area contributed by atoms with Gasteiger partial charge in [0.25, 0.3) is 5.91 Å². The molecule has 4 heteroatoms. The molecule has 94 valence electrons. The lowest BCUT2D eigenvalue weighted by atomic mass is 10.2. The van der Waals surface area contributed by atoms with Crippen molar-refractivity contribution in [2.24, 2.45) is 0 Å². The minimum atomic E-state index is -0.325. The lowest BCUT2D eigenvalue weighted by molar-refractivity contribution is 0.0939. The second-order valence-corrected chi connectivity index (χ2v) is 5.26. The van der Waals surface area contributed by atoms with Crippen LogP contribution in [0.5, 0.6) is 0 Å². The average Bonchev–Trinajstić information content (AvgIpc) is 2.30. The Morgan fingerprint density at radius 3 is 2.65 bits per heavy atom. The van der Waals surface area contributed by atoms with E-state index in [4.69, 9.17) is 0 Å². The minimum Gasteiger partial charge on any atom is -0.350 e. The monoisotopic (exact) mass is 255 g/mol. The van der Waals surface area contributed by atoms with E-state index in [0.29, 0.717) is 5.56 Å². The van der Waals surface area contributed by atoms with E-state index in [9.17, 15) is 9.18 Å². The lowest BCUT2D eigenvalue weighted by Crippen LogP contribution is -2.32. The Kier molecular flexibility index (Phi) is 6.05. The highest BCUT2D eigenvalue weighted by atomic mass is 32.2. The zero-order valence-corrected chi connectivity index (χ0v) is 11.0. The molecule has 0 saturated heterocycles. The van der Waals surface area contributed by atoms with Gasteiger partial charge in [0.1, 0.15) is 5.82 Å². The van der Waals surface area contributed by atoms with Crippen LogP contribution in [-0.2, 0) is 0 Å². The molecule has 0 spiro atoms. The highest BCUT2D eigenvalue weighted by Crippen LogP contribution is 2.06. The summed E-state index contributed by atoms with van der Waals surface area (Å²) in [7, 11) is 0. The minimum absolute atomic E-state index is 0.140. The highest BCUT2D eigenvalue weighted by molar-refractivity contribution is 7.99. The fourth-order valence-electron chi connectivity index (χ4n) is 1.39. The molecule has 17 heavy (non-hydrogen) atoms. The summed E-state index contributed by atoms with van der Waals surface area (Å²) in [5, 5.41) is 2.90. The summed E-state index contributed by atoms with van der Waals surface area (Å²) in [6, 6.07) is 5.74. The summed E-state index contributed by atoms with van der Waals surface area (Å²) in [6.45, 7) is 4.10. The number of thioether (sulfide) groups is 1. The molecule has 2 nitrogen and oxygen atoms in total. The maximum atomic E-state index is 12.7. The van der Waals surface area contributed by atoms with E-state index in [1.54, 1.807) is 0 Å². The third-order valence-electron chi connectivity index (χ3n) is 2.38. The van der Waals surface area contributed by atoms with Crippen LogP contribution in [0.4, 0.5) is 4.39 Å². The van der Waals surface area contributed by atoms with E-state index in [2.05, 4.69) is 12.2 Å². The van der Waals surface area contributed by atoms with Gasteiger partial charge in [-0.3, -0.25) is 4.79 Å². The lowest BCUT2D eigenvalue weighted by Gasteiger charge is -2.13. The normalized spacial score (nSPS) is 12.2. The van der Waals surface area contributed by atoms with Crippen LogP contribution in [-0.4, -0.2) is 23.5 Å². The second kappa shape index (κ2) is 7.33. The van der Waals surface area contributed by atoms with E-state index >= 15 is 0 Å². The number of hydrogen-bond acceptors (Lipinski definition) is 2. The second-order valence-electron chi connectivity index (χ2n) is 3.87. The summed E-state index contributed by atoms with van der Waals surface area (Å²) < 4.78 is 12.7. The first-order valence-corrected chi connectivity index (χ1v) is 6.93. The standard InChI is InChI=1S/C13H18FNOS/c1-3-17-9-8-10(2)15-13(16)11-4-6-12(14)7-5-11/h4-7,10H,3,8-9H2,1-2H3,(H,15,16). The van der Waals surface area contributed by atoms with Crippen molar-refractivity contribution in [1.82, 2.24) is 5.32 Å². The smallest absolute Gasteiger partial charge is 0.251 e. The Labute approximate surface area is 106 Å². The molecule has 1 aromatic carbocycles. The van der Waals surface area contributed by atoms with Crippen molar-refractivity contribution in [1.29, 1.82) is 0 Å². The molecule has 1 rings (SSSR count). The number of halogens is 1. The summed E-state index contributed by atoms with van der Waals surface area (Å²) in [4.78, 5) is 11.8. The van der Waals surface area contributed by atoms with Crippen LogP contribution in [0.15, 0.2) is 24.3 Å². The number of benzene rings is 1. The number of rotatable bonds is 6. The molecule has 0 aliphatic carbocycles. The Balaban J connectivity index is 2.40. The molecule has 1 amide bonds. The zero-order chi connectivity index (χ0) is 12.7. The van der Waals surface area contributed by atoms with Crippen molar-refractivity contribution in [2.45, 2.75) is 26.3 Å². The van der Waals surface area contributed by atoms with Crippen molar-refractivity contribution in [3.8, 4) is 0 Å². The molecule has 0 aromatic heterocycles. The predicted molar refractivity (Wildman–Crippen MR) is 70.9 cm³/mol. The van der Waals surface area contributed by atoms with Crippen LogP contribution in [0, 0.1) is 5.82 Å². The first-order valence-electron chi connectivity index (χ1n) is 5.77. The van der Waals surface area contributed by atoms with Crippen molar-refractivity contribution in [2.75, 3.05) is 11.5 Å². The molecular formula is C13H18FNOS. The first-order chi connectivity index (χ1) is 8.13. The number of nitrogens with one attached hydrogen (secondary N) is 1. The van der Waals surface area contributed by atoms with Crippen molar-refractivity contribution in [3.05, 3.63) is 35.6 Å². The van der Waals surface area contributed by atoms with Crippen molar-refractivity contribution >= 4 is 17.7 Å². The quantitative estimate of drug-likeness (QED) is 0.791. The molecule has 0 radical (unpaired) electrons. The van der Waals surface area contributed by atoms with Gasteiger partial charge in [-0.05, 0) is 49.1 Å². The zero-order valence-electron chi connectivity index (χ0n) is 10.2. The fraction of sp³-hybridized carbons (Fsp3) is 0.462. The third-order valence-corrected chi connectivity index (χ3v) is 3.32. The van der Waals surface area contributed by atoms with Gasteiger partial charge >= 0.3 is 0 Å². The van der Waals surface area contributed by atoms with Crippen LogP contribution in [0.1, 0.15) is 30.6 Å². The predicted octanol–water partition coefficient (Wildman–Crippen LogP) is 3.09. The molecule has 0 bridgehead atoms. The van der Waals surface area contributed by atoms with E-state index < -0.39 is 0 Å². The Hall–Kier alpha value is -1.03. The van der Waals surface area contributed by atoms with Gasteiger partial charge in [0.2, 0.25) is 0 Å². The van der Waals surface area contributed by atoms with E-state index in [1.807, 2.05) is 18.7 Å². The van der Waals surface area contributed by atoms with Crippen LogP contribution in [0.2, 0.25) is 0 Å². The third kappa shape index (κ3) is 5.22. The SMILES string of the molecule is CCSCCC(C)NC(=O)c1ccc(F)cc1. The molecule has 0 fully saturated rings. The summed E-state index contributed by atoms with van der Waals surface area (Å²) >= 11 is 1.86. The molecule has 1 unspecified atom stereocenters. The van der Waals surface area contributed by atoms with Gasteiger partial charge in [-0.25, -0.2) is 4.39 Å². The average molecular weight is 255 g/mol. The Morgan fingerprint density at radius 1 is 1.41 bits per heavy atom. The number of carbonyl (C=O) groups excluding carboxylic acids is 1. The van der Waals surface area contributed by atoms with Crippen LogP contribution >= 0.6 is 11.8 Å².